The molecule has 27 heavy (non-hydrogen) atoms. The van der Waals surface area contributed by atoms with Gasteiger partial charge >= 0.3 is 0 Å². The van der Waals surface area contributed by atoms with Gasteiger partial charge in [-0.15, -0.1) is 0 Å². The minimum absolute atomic E-state index is 0.153. The Morgan fingerprint density at radius 2 is 1.81 bits per heavy atom. The number of hydrogen-bond acceptors (Lipinski definition) is 5. The Bertz CT molecular complexity index is 978. The van der Waals surface area contributed by atoms with E-state index in [1.54, 1.807) is 36.4 Å². The van der Waals surface area contributed by atoms with Crippen LogP contribution in [0.4, 0.5) is 5.69 Å². The van der Waals surface area contributed by atoms with Gasteiger partial charge in [0.25, 0.3) is 5.91 Å². The Balaban J connectivity index is 1.76. The molecule has 2 N–H and O–H groups in total. The predicted octanol–water partition coefficient (Wildman–Crippen LogP) is 5.15. The van der Waals surface area contributed by atoms with E-state index >= 15 is 0 Å². The van der Waals surface area contributed by atoms with Gasteiger partial charge in [-0.2, -0.15) is 0 Å². The van der Waals surface area contributed by atoms with Crippen LogP contribution in [-0.4, -0.2) is 23.1 Å². The zero-order valence-corrected chi connectivity index (χ0v) is 15.6. The molecule has 1 heterocycles. The van der Waals surface area contributed by atoms with Crippen molar-refractivity contribution >= 4 is 34.8 Å². The Morgan fingerprint density at radius 3 is 2.48 bits per heavy atom. The van der Waals surface area contributed by atoms with Crippen molar-refractivity contribution in [3.8, 4) is 23.0 Å². The number of ether oxygens (including phenoxy) is 2. The molecule has 0 aliphatic carbocycles. The molecule has 6 nitrogen and oxygen atoms in total. The molecule has 0 saturated heterocycles. The summed E-state index contributed by atoms with van der Waals surface area (Å²) in [7, 11) is 1.38. The first-order valence-corrected chi connectivity index (χ1v) is 8.50. The first-order valence-electron chi connectivity index (χ1n) is 7.74. The van der Waals surface area contributed by atoms with Crippen molar-refractivity contribution in [2.24, 2.45) is 0 Å². The number of hydrogen-bond donors (Lipinski definition) is 2. The van der Waals surface area contributed by atoms with Crippen molar-refractivity contribution < 1.29 is 19.4 Å². The van der Waals surface area contributed by atoms with Crippen molar-refractivity contribution in [3.63, 3.8) is 0 Å². The number of methoxy groups -OCH3 is 1. The lowest BCUT2D eigenvalue weighted by molar-refractivity contribution is 0.101. The molecule has 3 rings (SSSR count). The number of pyridine rings is 1. The number of rotatable bonds is 5. The van der Waals surface area contributed by atoms with Crippen molar-refractivity contribution in [1.29, 1.82) is 0 Å². The van der Waals surface area contributed by atoms with E-state index in [4.69, 9.17) is 32.7 Å². The summed E-state index contributed by atoms with van der Waals surface area (Å²) in [5, 5.41) is 13.5. The smallest absolute Gasteiger partial charge is 0.278 e. The Hall–Kier alpha value is -2.96. The minimum atomic E-state index is -0.603. The summed E-state index contributed by atoms with van der Waals surface area (Å²) in [6, 6.07) is 13.0. The van der Waals surface area contributed by atoms with Gasteiger partial charge in [0.05, 0.1) is 12.1 Å². The molecule has 0 bridgehead atoms. The lowest BCUT2D eigenvalue weighted by Gasteiger charge is -2.11. The van der Waals surface area contributed by atoms with Crippen LogP contribution in [0.15, 0.2) is 54.7 Å². The van der Waals surface area contributed by atoms with Crippen LogP contribution in [0.5, 0.6) is 23.0 Å². The molecule has 1 aromatic heterocycles. The molecule has 0 unspecified atom stereocenters. The van der Waals surface area contributed by atoms with Gasteiger partial charge in [-0.3, -0.25) is 4.79 Å². The first kappa shape index (κ1) is 18.8. The van der Waals surface area contributed by atoms with E-state index in [-0.39, 0.29) is 17.2 Å². The minimum Gasteiger partial charge on any atom is -0.503 e. The molecular weight excluding hydrogens is 391 g/mol. The highest BCUT2D eigenvalue weighted by atomic mass is 35.5. The fourth-order valence-corrected chi connectivity index (χ4v) is 2.59. The third-order valence-corrected chi connectivity index (χ3v) is 4.10. The zero-order chi connectivity index (χ0) is 19.4. The SMILES string of the molecule is COc1ccnc(C(=O)Nc2ccc(Oc3ccc(Cl)cc3)c(Cl)c2)c1O. The molecular formula is C19H14Cl2N2O4. The van der Waals surface area contributed by atoms with Crippen LogP contribution in [-0.2, 0) is 0 Å². The Morgan fingerprint density at radius 1 is 1.07 bits per heavy atom. The molecule has 0 atom stereocenters. The maximum absolute atomic E-state index is 12.3. The molecule has 0 radical (unpaired) electrons. The van der Waals surface area contributed by atoms with Gasteiger partial charge in [0.2, 0.25) is 0 Å². The number of carbonyl (C=O) groups excluding carboxylic acids is 1. The van der Waals surface area contributed by atoms with Crippen molar-refractivity contribution in [3.05, 3.63) is 70.5 Å². The number of halogens is 2. The van der Waals surface area contributed by atoms with Crippen LogP contribution in [0.25, 0.3) is 0 Å². The number of carbonyl (C=O) groups is 1. The fourth-order valence-electron chi connectivity index (χ4n) is 2.25. The number of aromatic nitrogens is 1. The number of nitrogens with one attached hydrogen (secondary N) is 1. The second-order valence-electron chi connectivity index (χ2n) is 5.37. The van der Waals surface area contributed by atoms with Crippen LogP contribution in [0.2, 0.25) is 10.0 Å². The van der Waals surface area contributed by atoms with Crippen LogP contribution in [0.3, 0.4) is 0 Å². The molecule has 0 fully saturated rings. The maximum Gasteiger partial charge on any atom is 0.278 e. The summed E-state index contributed by atoms with van der Waals surface area (Å²) in [5.41, 5.74) is 0.254. The molecule has 138 valence electrons. The third kappa shape index (κ3) is 4.42. The molecule has 0 aliphatic rings. The summed E-state index contributed by atoms with van der Waals surface area (Å²) in [6.45, 7) is 0. The van der Waals surface area contributed by atoms with E-state index in [9.17, 15) is 9.90 Å². The van der Waals surface area contributed by atoms with Gasteiger partial charge in [-0.25, -0.2) is 4.98 Å². The predicted molar refractivity (Wildman–Crippen MR) is 103 cm³/mol. The van der Waals surface area contributed by atoms with Gasteiger partial charge in [-0.1, -0.05) is 23.2 Å². The molecule has 1 amide bonds. The van der Waals surface area contributed by atoms with Crippen molar-refractivity contribution in [2.45, 2.75) is 0 Å². The van der Waals surface area contributed by atoms with Crippen LogP contribution < -0.4 is 14.8 Å². The maximum atomic E-state index is 12.3. The van der Waals surface area contributed by atoms with E-state index in [0.29, 0.717) is 27.2 Å². The quantitative estimate of drug-likeness (QED) is 0.614. The highest BCUT2D eigenvalue weighted by Crippen LogP contribution is 2.33. The molecule has 0 saturated carbocycles. The van der Waals surface area contributed by atoms with Gasteiger partial charge in [0.15, 0.2) is 17.2 Å². The van der Waals surface area contributed by atoms with Crippen molar-refractivity contribution in [1.82, 2.24) is 4.98 Å². The average molecular weight is 405 g/mol. The zero-order valence-electron chi connectivity index (χ0n) is 14.1. The van der Waals surface area contributed by atoms with Crippen LogP contribution in [0, 0.1) is 0 Å². The Labute approximate surface area is 165 Å². The highest BCUT2D eigenvalue weighted by Gasteiger charge is 2.17. The summed E-state index contributed by atoms with van der Waals surface area (Å²) >= 11 is 12.1. The van der Waals surface area contributed by atoms with Gasteiger partial charge in [0, 0.05) is 23.0 Å². The number of anilines is 1. The highest BCUT2D eigenvalue weighted by molar-refractivity contribution is 6.32. The van der Waals surface area contributed by atoms with E-state index in [1.807, 2.05) is 0 Å². The monoisotopic (exact) mass is 404 g/mol. The number of amides is 1. The second-order valence-corrected chi connectivity index (χ2v) is 6.21. The number of benzene rings is 2. The van der Waals surface area contributed by atoms with Gasteiger partial charge in [-0.05, 0) is 42.5 Å². The summed E-state index contributed by atoms with van der Waals surface area (Å²) in [4.78, 5) is 16.2. The number of nitrogens with zero attached hydrogens (tertiary/aromatic N) is 1. The van der Waals surface area contributed by atoms with E-state index < -0.39 is 5.91 Å². The lowest BCUT2D eigenvalue weighted by atomic mass is 10.2. The van der Waals surface area contributed by atoms with Gasteiger partial charge in [0.1, 0.15) is 11.5 Å². The normalized spacial score (nSPS) is 10.3. The summed E-state index contributed by atoms with van der Waals surface area (Å²) in [5.74, 6) is 0.197. The standard InChI is InChI=1S/C19H14Cl2N2O4/c1-26-16-8-9-22-17(18(16)24)19(25)23-12-4-7-15(14(21)10-12)27-13-5-2-11(20)3-6-13/h2-10,24H,1H3,(H,23,25). The van der Waals surface area contributed by atoms with E-state index in [0.717, 1.165) is 0 Å². The second kappa shape index (κ2) is 8.16. The third-order valence-electron chi connectivity index (χ3n) is 3.55. The molecule has 2 aromatic carbocycles. The molecule has 3 aromatic rings. The Kier molecular flexibility index (Phi) is 5.69. The van der Waals surface area contributed by atoms with E-state index in [2.05, 4.69) is 10.3 Å². The molecule has 0 spiro atoms. The first-order chi connectivity index (χ1) is 13.0. The van der Waals surface area contributed by atoms with Crippen molar-refractivity contribution in [2.75, 3.05) is 12.4 Å². The summed E-state index contributed by atoms with van der Waals surface area (Å²) < 4.78 is 10.7. The fraction of sp³-hybridized carbons (Fsp3) is 0.0526. The topological polar surface area (TPSA) is 80.7 Å². The molecule has 0 aliphatic heterocycles. The lowest BCUT2D eigenvalue weighted by Crippen LogP contribution is -2.14. The van der Waals surface area contributed by atoms with Crippen LogP contribution >= 0.6 is 23.2 Å². The largest absolute Gasteiger partial charge is 0.503 e. The van der Waals surface area contributed by atoms with Crippen LogP contribution in [0.1, 0.15) is 10.5 Å². The number of aromatic hydroxyl groups is 1. The van der Waals surface area contributed by atoms with E-state index in [1.165, 1.54) is 25.4 Å². The average Bonchev–Trinajstić information content (AvgIpc) is 2.65. The molecule has 8 heteroatoms. The summed E-state index contributed by atoms with van der Waals surface area (Å²) in [6.07, 6.45) is 1.36. The van der Waals surface area contributed by atoms with Gasteiger partial charge < -0.3 is 19.9 Å².